The Hall–Kier alpha value is -0.860. The number of nitrogens with zero attached hydrogens (tertiary/aromatic N) is 1. The maximum Gasteiger partial charge on any atom is 0.0854 e. The average Bonchev–Trinajstić information content (AvgIpc) is 2.96. The number of aryl methyl sites for hydroxylation is 1. The lowest BCUT2D eigenvalue weighted by Gasteiger charge is -2.30. The van der Waals surface area contributed by atoms with Crippen LogP contribution in [0, 0.1) is 0 Å². The number of benzene rings is 1. The van der Waals surface area contributed by atoms with Crippen LogP contribution in [0.5, 0.6) is 0 Å². The number of hydrogen-bond acceptors (Lipinski definition) is 2. The summed E-state index contributed by atoms with van der Waals surface area (Å²) in [5.74, 6) is 0. The van der Waals surface area contributed by atoms with E-state index in [9.17, 15) is 5.11 Å². The van der Waals surface area contributed by atoms with Gasteiger partial charge in [-0.25, -0.2) is 0 Å². The van der Waals surface area contributed by atoms with E-state index in [-0.39, 0.29) is 0 Å². The summed E-state index contributed by atoms with van der Waals surface area (Å²) in [4.78, 5) is 2.47. The van der Waals surface area contributed by atoms with Crippen LogP contribution in [0.4, 0.5) is 0 Å². The Balaban J connectivity index is 1.74. The highest BCUT2D eigenvalue weighted by molar-refractivity contribution is 5.25. The third kappa shape index (κ3) is 2.08. The fraction of sp³-hybridized carbons (Fsp3) is 0.625. The van der Waals surface area contributed by atoms with Crippen molar-refractivity contribution in [2.24, 2.45) is 0 Å². The lowest BCUT2D eigenvalue weighted by atomic mass is 9.86. The Morgan fingerprint density at radius 3 is 2.67 bits per heavy atom. The zero-order valence-corrected chi connectivity index (χ0v) is 11.2. The van der Waals surface area contributed by atoms with Crippen LogP contribution in [0.1, 0.15) is 37.3 Å². The lowest BCUT2D eigenvalue weighted by Crippen LogP contribution is -2.42. The number of fused-ring (bicyclic) bond motifs is 1. The van der Waals surface area contributed by atoms with E-state index in [2.05, 4.69) is 36.1 Å². The van der Waals surface area contributed by atoms with Gasteiger partial charge in [-0.3, -0.25) is 4.90 Å². The van der Waals surface area contributed by atoms with Gasteiger partial charge in [-0.1, -0.05) is 31.2 Å². The van der Waals surface area contributed by atoms with Crippen LogP contribution < -0.4 is 0 Å². The zero-order valence-electron chi connectivity index (χ0n) is 11.2. The van der Waals surface area contributed by atoms with Crippen LogP contribution in [-0.2, 0) is 12.8 Å². The molecule has 1 aromatic carbocycles. The fourth-order valence-electron chi connectivity index (χ4n) is 3.66. The Bertz CT molecular complexity index is 414. The second kappa shape index (κ2) is 4.67. The summed E-state index contributed by atoms with van der Waals surface area (Å²) < 4.78 is 0. The molecule has 2 heterocycles. The highest BCUT2D eigenvalue weighted by Gasteiger charge is 2.47. The summed E-state index contributed by atoms with van der Waals surface area (Å²) in [6.07, 6.45) is 5.26. The van der Waals surface area contributed by atoms with Gasteiger partial charge in [0.15, 0.2) is 0 Å². The van der Waals surface area contributed by atoms with E-state index in [1.54, 1.807) is 0 Å². The molecule has 2 atom stereocenters. The van der Waals surface area contributed by atoms with Gasteiger partial charge < -0.3 is 5.11 Å². The molecule has 2 aliphatic heterocycles. The lowest BCUT2D eigenvalue weighted by molar-refractivity contribution is 0.0141. The molecule has 2 unspecified atom stereocenters. The molecule has 0 radical (unpaired) electrons. The highest BCUT2D eigenvalue weighted by Crippen LogP contribution is 2.38. The second-order valence-corrected chi connectivity index (χ2v) is 5.89. The highest BCUT2D eigenvalue weighted by atomic mass is 16.3. The molecule has 0 aliphatic carbocycles. The molecule has 0 spiro atoms. The van der Waals surface area contributed by atoms with Crippen molar-refractivity contribution in [3.63, 3.8) is 0 Å². The van der Waals surface area contributed by atoms with Crippen molar-refractivity contribution in [3.8, 4) is 0 Å². The molecule has 0 aromatic heterocycles. The molecule has 0 amide bonds. The Labute approximate surface area is 110 Å². The predicted molar refractivity (Wildman–Crippen MR) is 73.7 cm³/mol. The fourth-order valence-corrected chi connectivity index (χ4v) is 3.66. The molecule has 1 N–H and O–H groups in total. The van der Waals surface area contributed by atoms with E-state index in [0.717, 1.165) is 25.8 Å². The molecule has 0 saturated carbocycles. The smallest absolute Gasteiger partial charge is 0.0854 e. The van der Waals surface area contributed by atoms with Crippen LogP contribution in [0.15, 0.2) is 24.3 Å². The van der Waals surface area contributed by atoms with Gasteiger partial charge in [-0.15, -0.1) is 0 Å². The van der Waals surface area contributed by atoms with Crippen molar-refractivity contribution in [2.45, 2.75) is 50.7 Å². The van der Waals surface area contributed by atoms with E-state index in [1.807, 2.05) is 0 Å². The summed E-state index contributed by atoms with van der Waals surface area (Å²) in [6, 6.07) is 9.17. The van der Waals surface area contributed by atoms with Gasteiger partial charge in [0.25, 0.3) is 0 Å². The standard InChI is InChI=1S/C16H23NO/c1-2-13-5-7-14(8-6-13)12-16(18)9-11-17-10-3-4-15(16)17/h5-8,15,18H,2-4,9-12H2,1H3. The van der Waals surface area contributed by atoms with Crippen molar-refractivity contribution in [3.05, 3.63) is 35.4 Å². The molecule has 2 fully saturated rings. The minimum atomic E-state index is -0.482. The van der Waals surface area contributed by atoms with E-state index in [0.29, 0.717) is 6.04 Å². The predicted octanol–water partition coefficient (Wildman–Crippen LogP) is 2.39. The molecule has 2 nitrogen and oxygen atoms in total. The van der Waals surface area contributed by atoms with Gasteiger partial charge in [0.1, 0.15) is 0 Å². The third-order valence-corrected chi connectivity index (χ3v) is 4.76. The van der Waals surface area contributed by atoms with Gasteiger partial charge in [0, 0.05) is 19.0 Å². The molecule has 2 saturated heterocycles. The van der Waals surface area contributed by atoms with E-state index in [1.165, 1.54) is 30.5 Å². The minimum Gasteiger partial charge on any atom is -0.388 e. The van der Waals surface area contributed by atoms with Crippen molar-refractivity contribution in [2.75, 3.05) is 13.1 Å². The molecular formula is C16H23NO. The van der Waals surface area contributed by atoms with Gasteiger partial charge in [-0.05, 0) is 43.4 Å². The Morgan fingerprint density at radius 1 is 1.22 bits per heavy atom. The molecule has 0 bridgehead atoms. The maximum atomic E-state index is 10.9. The van der Waals surface area contributed by atoms with Crippen LogP contribution >= 0.6 is 0 Å². The molecule has 18 heavy (non-hydrogen) atoms. The van der Waals surface area contributed by atoms with E-state index in [4.69, 9.17) is 0 Å². The van der Waals surface area contributed by atoms with Crippen molar-refractivity contribution in [1.29, 1.82) is 0 Å². The molecule has 2 aliphatic rings. The maximum absolute atomic E-state index is 10.9. The molecular weight excluding hydrogens is 222 g/mol. The summed E-state index contributed by atoms with van der Waals surface area (Å²) in [5.41, 5.74) is 2.17. The normalized spacial score (nSPS) is 31.8. The van der Waals surface area contributed by atoms with Crippen LogP contribution in [-0.4, -0.2) is 34.7 Å². The van der Waals surface area contributed by atoms with Crippen molar-refractivity contribution < 1.29 is 5.11 Å². The summed E-state index contributed by atoms with van der Waals surface area (Å²) in [5, 5.41) is 10.9. The first kappa shape index (κ1) is 12.2. The number of aliphatic hydroxyl groups is 1. The Morgan fingerprint density at radius 2 is 1.94 bits per heavy atom. The monoisotopic (exact) mass is 245 g/mol. The molecule has 98 valence electrons. The largest absolute Gasteiger partial charge is 0.388 e. The van der Waals surface area contributed by atoms with Gasteiger partial charge >= 0.3 is 0 Å². The van der Waals surface area contributed by atoms with Gasteiger partial charge in [0.2, 0.25) is 0 Å². The zero-order chi connectivity index (χ0) is 12.6. The van der Waals surface area contributed by atoms with Gasteiger partial charge in [-0.2, -0.15) is 0 Å². The topological polar surface area (TPSA) is 23.5 Å². The molecule has 2 heteroatoms. The summed E-state index contributed by atoms with van der Waals surface area (Å²) in [6.45, 7) is 4.44. The van der Waals surface area contributed by atoms with Crippen LogP contribution in [0.3, 0.4) is 0 Å². The van der Waals surface area contributed by atoms with Crippen molar-refractivity contribution in [1.82, 2.24) is 4.90 Å². The quantitative estimate of drug-likeness (QED) is 0.884. The SMILES string of the molecule is CCc1ccc(CC2(O)CCN3CCCC32)cc1. The second-order valence-electron chi connectivity index (χ2n) is 5.89. The first-order valence-electron chi connectivity index (χ1n) is 7.25. The third-order valence-electron chi connectivity index (χ3n) is 4.76. The Kier molecular flexibility index (Phi) is 3.16. The average molecular weight is 245 g/mol. The van der Waals surface area contributed by atoms with Gasteiger partial charge in [0.05, 0.1) is 5.60 Å². The minimum absolute atomic E-state index is 0.406. The molecule has 3 rings (SSSR count). The molecule has 1 aromatic rings. The first-order valence-corrected chi connectivity index (χ1v) is 7.25. The summed E-state index contributed by atoms with van der Waals surface area (Å²) in [7, 11) is 0. The van der Waals surface area contributed by atoms with E-state index >= 15 is 0 Å². The van der Waals surface area contributed by atoms with E-state index < -0.39 is 5.60 Å². The number of rotatable bonds is 3. The summed E-state index contributed by atoms with van der Waals surface area (Å²) >= 11 is 0. The van der Waals surface area contributed by atoms with Crippen molar-refractivity contribution >= 4 is 0 Å². The van der Waals surface area contributed by atoms with Crippen LogP contribution in [0.2, 0.25) is 0 Å². The van der Waals surface area contributed by atoms with Crippen LogP contribution in [0.25, 0.3) is 0 Å². The number of hydrogen-bond donors (Lipinski definition) is 1. The first-order chi connectivity index (χ1) is 8.71.